The van der Waals surface area contributed by atoms with Crippen LogP contribution >= 0.6 is 11.3 Å². The first kappa shape index (κ1) is 14.6. The summed E-state index contributed by atoms with van der Waals surface area (Å²) < 4.78 is 0. The van der Waals surface area contributed by atoms with E-state index in [-0.39, 0.29) is 6.04 Å². The minimum atomic E-state index is 0.220. The number of benzene rings is 1. The molecule has 0 fully saturated rings. The predicted molar refractivity (Wildman–Crippen MR) is 92.3 cm³/mol. The van der Waals surface area contributed by atoms with Crippen LogP contribution in [0.1, 0.15) is 41.5 Å². The van der Waals surface area contributed by atoms with E-state index in [1.54, 1.807) is 4.88 Å². The van der Waals surface area contributed by atoms with Crippen LogP contribution in [0, 0.1) is 6.92 Å². The Morgan fingerprint density at radius 1 is 1.38 bits per heavy atom. The number of thiophene rings is 1. The van der Waals surface area contributed by atoms with Gasteiger partial charge in [0.2, 0.25) is 0 Å². The first-order chi connectivity index (χ1) is 10.1. The largest absolute Gasteiger partial charge is 0.364 e. The molecule has 2 heterocycles. The molecule has 0 amide bonds. The minimum absolute atomic E-state index is 0.220. The molecule has 0 radical (unpaired) electrons. The van der Waals surface area contributed by atoms with Crippen molar-refractivity contribution in [3.8, 4) is 0 Å². The Morgan fingerprint density at radius 3 is 2.90 bits per heavy atom. The Bertz CT molecular complexity index is 630. The molecule has 2 atom stereocenters. The highest BCUT2D eigenvalue weighted by Crippen LogP contribution is 2.37. The van der Waals surface area contributed by atoms with E-state index in [0.717, 1.165) is 13.0 Å². The third-order valence-corrected chi connectivity index (χ3v) is 5.40. The number of hydrogen-bond donors (Lipinski definition) is 1. The van der Waals surface area contributed by atoms with Crippen LogP contribution in [0.4, 0.5) is 5.69 Å². The van der Waals surface area contributed by atoms with Crippen molar-refractivity contribution in [2.45, 2.75) is 45.7 Å². The van der Waals surface area contributed by atoms with Gasteiger partial charge in [-0.1, -0.05) is 12.1 Å². The van der Waals surface area contributed by atoms with E-state index in [1.807, 2.05) is 11.3 Å². The van der Waals surface area contributed by atoms with Crippen molar-refractivity contribution in [1.82, 2.24) is 0 Å². The highest BCUT2D eigenvalue weighted by molar-refractivity contribution is 7.10. The van der Waals surface area contributed by atoms with E-state index in [2.05, 4.69) is 55.3 Å². The molecule has 1 aliphatic rings. The van der Waals surface area contributed by atoms with E-state index in [4.69, 9.17) is 5.73 Å². The van der Waals surface area contributed by atoms with Crippen LogP contribution in [-0.2, 0) is 12.8 Å². The molecule has 112 valence electrons. The number of aryl methyl sites for hydroxylation is 1. The van der Waals surface area contributed by atoms with Gasteiger partial charge in [0.15, 0.2) is 0 Å². The molecule has 2 nitrogen and oxygen atoms in total. The monoisotopic (exact) mass is 300 g/mol. The van der Waals surface area contributed by atoms with Crippen molar-refractivity contribution in [3.05, 3.63) is 51.2 Å². The Labute approximate surface area is 131 Å². The number of anilines is 1. The van der Waals surface area contributed by atoms with Gasteiger partial charge in [-0.25, -0.2) is 0 Å². The summed E-state index contributed by atoms with van der Waals surface area (Å²) in [6, 6.07) is 9.80. The zero-order valence-corrected chi connectivity index (χ0v) is 13.9. The number of rotatable bonds is 3. The zero-order valence-electron chi connectivity index (χ0n) is 13.1. The molecule has 0 spiro atoms. The second-order valence-corrected chi connectivity index (χ2v) is 7.22. The summed E-state index contributed by atoms with van der Waals surface area (Å²) in [4.78, 5) is 4.10. The van der Waals surface area contributed by atoms with E-state index in [0.29, 0.717) is 6.04 Å². The average molecular weight is 300 g/mol. The van der Waals surface area contributed by atoms with Crippen molar-refractivity contribution in [2.75, 3.05) is 11.4 Å². The Morgan fingerprint density at radius 2 is 2.19 bits per heavy atom. The summed E-state index contributed by atoms with van der Waals surface area (Å²) in [7, 11) is 0. The van der Waals surface area contributed by atoms with Gasteiger partial charge in [0.05, 0.1) is 6.04 Å². The van der Waals surface area contributed by atoms with Crippen molar-refractivity contribution >= 4 is 17.0 Å². The molecule has 1 aromatic carbocycles. The first-order valence-corrected chi connectivity index (χ1v) is 8.62. The lowest BCUT2D eigenvalue weighted by Crippen LogP contribution is -2.33. The minimum Gasteiger partial charge on any atom is -0.364 e. The molecule has 1 aliphatic heterocycles. The molecule has 2 unspecified atom stereocenters. The van der Waals surface area contributed by atoms with Gasteiger partial charge in [-0.3, -0.25) is 0 Å². The summed E-state index contributed by atoms with van der Waals surface area (Å²) >= 11 is 1.90. The van der Waals surface area contributed by atoms with Crippen molar-refractivity contribution in [1.29, 1.82) is 0 Å². The summed E-state index contributed by atoms with van der Waals surface area (Å²) in [5, 5.41) is 2.23. The quantitative estimate of drug-likeness (QED) is 0.926. The molecule has 2 N–H and O–H groups in total. The van der Waals surface area contributed by atoms with Gasteiger partial charge in [-0.05, 0) is 67.8 Å². The summed E-state index contributed by atoms with van der Waals surface area (Å²) in [6.45, 7) is 7.71. The molecule has 0 aliphatic carbocycles. The third-order valence-electron chi connectivity index (χ3n) is 4.41. The van der Waals surface area contributed by atoms with Gasteiger partial charge in [-0.2, -0.15) is 0 Å². The van der Waals surface area contributed by atoms with Gasteiger partial charge >= 0.3 is 0 Å². The molecular weight excluding hydrogens is 276 g/mol. The molecule has 3 rings (SSSR count). The molecular formula is C18H24N2S. The summed E-state index contributed by atoms with van der Waals surface area (Å²) in [6.07, 6.45) is 2.11. The zero-order chi connectivity index (χ0) is 15.0. The number of nitrogens with zero attached hydrogens (tertiary/aromatic N) is 1. The molecule has 1 aromatic heterocycles. The number of nitrogens with two attached hydrogens (primary N) is 1. The van der Waals surface area contributed by atoms with Crippen LogP contribution in [0.5, 0.6) is 0 Å². The topological polar surface area (TPSA) is 29.3 Å². The summed E-state index contributed by atoms with van der Waals surface area (Å²) in [5.41, 5.74) is 11.5. The molecule has 0 bridgehead atoms. The van der Waals surface area contributed by atoms with Gasteiger partial charge in [0, 0.05) is 23.2 Å². The van der Waals surface area contributed by atoms with Crippen molar-refractivity contribution in [3.63, 3.8) is 0 Å². The van der Waals surface area contributed by atoms with Crippen molar-refractivity contribution < 1.29 is 0 Å². The maximum atomic E-state index is 5.91. The van der Waals surface area contributed by atoms with E-state index in [1.165, 1.54) is 28.8 Å². The Kier molecular flexibility index (Phi) is 4.05. The van der Waals surface area contributed by atoms with Gasteiger partial charge < -0.3 is 10.6 Å². The normalized spacial score (nSPS) is 19.4. The Balaban J connectivity index is 1.88. The van der Waals surface area contributed by atoms with E-state index in [9.17, 15) is 0 Å². The van der Waals surface area contributed by atoms with Crippen LogP contribution in [0.3, 0.4) is 0 Å². The standard InChI is InChI=1S/C18H24N2S/c1-12-10-15(11-13(2)19)4-5-17(12)20-8-6-18-16(14(20)3)7-9-21-18/h4-5,7,9-10,13-14H,6,8,11,19H2,1-3H3. The van der Waals surface area contributed by atoms with Crippen LogP contribution < -0.4 is 10.6 Å². The highest BCUT2D eigenvalue weighted by Gasteiger charge is 2.25. The fourth-order valence-corrected chi connectivity index (χ4v) is 4.34. The predicted octanol–water partition coefficient (Wildman–Crippen LogP) is 4.07. The van der Waals surface area contributed by atoms with Gasteiger partial charge in [0.25, 0.3) is 0 Å². The lowest BCUT2D eigenvalue weighted by Gasteiger charge is -2.36. The smallest absolute Gasteiger partial charge is 0.0525 e. The molecule has 0 saturated heterocycles. The van der Waals surface area contributed by atoms with E-state index < -0.39 is 0 Å². The van der Waals surface area contributed by atoms with Crippen LogP contribution in [0.15, 0.2) is 29.6 Å². The van der Waals surface area contributed by atoms with Crippen LogP contribution in [0.2, 0.25) is 0 Å². The Hall–Kier alpha value is -1.32. The highest BCUT2D eigenvalue weighted by atomic mass is 32.1. The molecule has 3 heteroatoms. The molecule has 0 saturated carbocycles. The molecule has 21 heavy (non-hydrogen) atoms. The van der Waals surface area contributed by atoms with Crippen LogP contribution in [-0.4, -0.2) is 12.6 Å². The fraction of sp³-hybridized carbons (Fsp3) is 0.444. The fourth-order valence-electron chi connectivity index (χ4n) is 3.38. The molecule has 2 aromatic rings. The maximum absolute atomic E-state index is 5.91. The third kappa shape index (κ3) is 2.85. The van der Waals surface area contributed by atoms with Crippen molar-refractivity contribution in [2.24, 2.45) is 5.73 Å². The van der Waals surface area contributed by atoms with E-state index >= 15 is 0 Å². The lowest BCUT2D eigenvalue weighted by molar-refractivity contribution is 0.631. The van der Waals surface area contributed by atoms with Gasteiger partial charge in [0.1, 0.15) is 0 Å². The second kappa shape index (κ2) is 5.82. The number of hydrogen-bond acceptors (Lipinski definition) is 3. The summed E-state index contributed by atoms with van der Waals surface area (Å²) in [5.74, 6) is 0. The average Bonchev–Trinajstić information content (AvgIpc) is 2.89. The lowest BCUT2D eigenvalue weighted by atomic mass is 9.98. The van der Waals surface area contributed by atoms with Gasteiger partial charge in [-0.15, -0.1) is 11.3 Å². The SMILES string of the molecule is Cc1cc(CC(C)N)ccc1N1CCc2sccc2C1C. The maximum Gasteiger partial charge on any atom is 0.0525 e. The van der Waals surface area contributed by atoms with Crippen LogP contribution in [0.25, 0.3) is 0 Å². The second-order valence-electron chi connectivity index (χ2n) is 6.22. The number of fused-ring (bicyclic) bond motifs is 1. The first-order valence-electron chi connectivity index (χ1n) is 7.74.